The fourth-order valence-corrected chi connectivity index (χ4v) is 3.53. The van der Waals surface area contributed by atoms with Gasteiger partial charge in [-0.1, -0.05) is 48.5 Å². The third kappa shape index (κ3) is 5.04. The number of benzene rings is 2. The summed E-state index contributed by atoms with van der Waals surface area (Å²) in [6.07, 6.45) is -1.10. The maximum Gasteiger partial charge on any atom is 0.425 e. The maximum atomic E-state index is 12.1. The van der Waals surface area contributed by atoms with Gasteiger partial charge in [-0.3, -0.25) is 10.2 Å². The van der Waals surface area contributed by atoms with Crippen LogP contribution in [0.1, 0.15) is 23.5 Å². The number of alkyl carbamates (subject to hydrolysis) is 1. The van der Waals surface area contributed by atoms with E-state index in [0.29, 0.717) is 0 Å². The van der Waals surface area contributed by atoms with Gasteiger partial charge < -0.3 is 14.8 Å². The monoisotopic (exact) mass is 429 g/mol. The van der Waals surface area contributed by atoms with E-state index in [1.165, 1.54) is 7.11 Å². The van der Waals surface area contributed by atoms with Gasteiger partial charge in [0.05, 0.1) is 12.4 Å². The van der Waals surface area contributed by atoms with Crippen molar-refractivity contribution in [3.05, 3.63) is 59.7 Å². The van der Waals surface area contributed by atoms with Crippen molar-refractivity contribution in [1.29, 1.82) is 0 Å². The van der Waals surface area contributed by atoms with E-state index in [4.69, 9.17) is 4.74 Å². The first kappa shape index (κ1) is 21.5. The van der Waals surface area contributed by atoms with Crippen LogP contribution in [0.15, 0.2) is 48.5 Å². The molecule has 3 amide bonds. The number of hydrogen-bond donors (Lipinski definition) is 4. The van der Waals surface area contributed by atoms with Crippen molar-refractivity contribution >= 4 is 30.7 Å². The minimum atomic E-state index is -0.791. The van der Waals surface area contributed by atoms with E-state index in [0.717, 1.165) is 22.3 Å². The Morgan fingerprint density at radius 3 is 2.17 bits per heavy atom. The molecule has 0 saturated heterocycles. The van der Waals surface area contributed by atoms with Crippen LogP contribution in [-0.2, 0) is 14.3 Å². The van der Waals surface area contributed by atoms with E-state index in [9.17, 15) is 14.4 Å². The van der Waals surface area contributed by atoms with E-state index in [1.54, 1.807) is 0 Å². The lowest BCUT2D eigenvalue weighted by Crippen LogP contribution is -2.45. The Hall–Kier alpha value is -3.20. The molecule has 9 heteroatoms. The number of carbonyl (C=O) groups excluding carboxylic acids is 3. The number of amides is 3. The Labute approximate surface area is 179 Å². The molecule has 0 saturated carbocycles. The highest BCUT2D eigenvalue weighted by molar-refractivity contribution is 7.81. The first-order valence-corrected chi connectivity index (χ1v) is 9.93. The summed E-state index contributed by atoms with van der Waals surface area (Å²) in [5.41, 5.74) is 8.82. The zero-order chi connectivity index (χ0) is 21.5. The molecule has 2 aromatic rings. The summed E-state index contributed by atoms with van der Waals surface area (Å²) in [7, 11) is 1.18. The van der Waals surface area contributed by atoms with E-state index in [-0.39, 0.29) is 25.5 Å². The predicted octanol–water partition coefficient (Wildman–Crippen LogP) is 2.60. The molecule has 1 atom stereocenters. The minimum absolute atomic E-state index is 0.0176. The summed E-state index contributed by atoms with van der Waals surface area (Å²) in [5.74, 6) is -0.533. The lowest BCUT2D eigenvalue weighted by atomic mass is 9.98. The normalized spacial score (nSPS) is 12.9. The van der Waals surface area contributed by atoms with Gasteiger partial charge in [-0.05, 0) is 28.7 Å². The highest BCUT2D eigenvalue weighted by atomic mass is 32.1. The van der Waals surface area contributed by atoms with Gasteiger partial charge in [0.2, 0.25) is 0 Å². The van der Waals surface area contributed by atoms with Gasteiger partial charge in [0.1, 0.15) is 6.61 Å². The molecule has 0 fully saturated rings. The number of carbonyl (C=O) groups is 3. The van der Waals surface area contributed by atoms with E-state index < -0.39 is 23.3 Å². The fourth-order valence-electron chi connectivity index (χ4n) is 3.34. The quantitative estimate of drug-likeness (QED) is 0.417. The molecule has 0 aliphatic heterocycles. The number of hydrogen-bond acceptors (Lipinski definition) is 6. The average molecular weight is 429 g/mol. The molecule has 0 radical (unpaired) electrons. The van der Waals surface area contributed by atoms with Crippen LogP contribution >= 0.6 is 12.6 Å². The first-order chi connectivity index (χ1) is 14.5. The maximum absolute atomic E-state index is 12.1. The number of fused-ring (bicyclic) bond motifs is 3. The molecule has 1 aliphatic carbocycles. The highest BCUT2D eigenvalue weighted by Crippen LogP contribution is 2.44. The minimum Gasteiger partial charge on any atom is -0.452 e. The van der Waals surface area contributed by atoms with Gasteiger partial charge in [-0.15, -0.1) is 0 Å². The number of hydrazine groups is 1. The van der Waals surface area contributed by atoms with Gasteiger partial charge in [-0.2, -0.15) is 12.6 Å². The molecule has 1 unspecified atom stereocenters. The van der Waals surface area contributed by atoms with Crippen molar-refractivity contribution in [2.45, 2.75) is 17.6 Å². The molecule has 3 rings (SSSR count). The van der Waals surface area contributed by atoms with Crippen molar-refractivity contribution in [2.24, 2.45) is 0 Å². The van der Waals surface area contributed by atoms with Crippen LogP contribution in [0.25, 0.3) is 11.1 Å². The number of rotatable bonds is 6. The third-order valence-electron chi connectivity index (χ3n) is 4.81. The molecule has 0 bridgehead atoms. The van der Waals surface area contributed by atoms with Crippen LogP contribution in [-0.4, -0.2) is 43.6 Å². The highest BCUT2D eigenvalue weighted by Gasteiger charge is 2.29. The third-order valence-corrected chi connectivity index (χ3v) is 5.30. The van der Waals surface area contributed by atoms with Gasteiger partial charge in [-0.25, -0.2) is 15.0 Å². The smallest absolute Gasteiger partial charge is 0.425 e. The van der Waals surface area contributed by atoms with Gasteiger partial charge in [0, 0.05) is 12.5 Å². The Morgan fingerprint density at radius 1 is 0.967 bits per heavy atom. The van der Waals surface area contributed by atoms with Gasteiger partial charge in [0.15, 0.2) is 0 Å². The number of nitrogens with one attached hydrogen (secondary N) is 3. The van der Waals surface area contributed by atoms with Crippen molar-refractivity contribution in [3.63, 3.8) is 0 Å². The molecule has 0 aromatic heterocycles. The topological polar surface area (TPSA) is 106 Å². The summed E-state index contributed by atoms with van der Waals surface area (Å²) in [6.45, 7) is 0.407. The standard InChI is InChI=1S/C21H23N3O5S/c1-28-21(27)24-23-19(25)18(30)10-11-22-20(26)29-12-17-15-8-4-2-6-13(15)14-7-3-5-9-16(14)17/h2-9,17-18,30H,10-12H2,1H3,(H,22,26)(H,23,25)(H,24,27). The summed E-state index contributed by atoms with van der Waals surface area (Å²) in [5, 5.41) is 1.89. The zero-order valence-electron chi connectivity index (χ0n) is 16.4. The Bertz CT molecular complexity index is 891. The second-order valence-corrected chi connectivity index (χ2v) is 7.29. The Balaban J connectivity index is 1.45. The SMILES string of the molecule is COC(=O)NNC(=O)C(S)CCNC(=O)OCC1c2ccccc2-c2ccccc21. The van der Waals surface area contributed by atoms with Crippen molar-refractivity contribution in [3.8, 4) is 11.1 Å². The Kier molecular flexibility index (Phi) is 7.18. The molecule has 158 valence electrons. The molecule has 8 nitrogen and oxygen atoms in total. The summed E-state index contributed by atoms with van der Waals surface area (Å²) in [4.78, 5) is 34.8. The average Bonchev–Trinajstić information content (AvgIpc) is 3.09. The molecule has 30 heavy (non-hydrogen) atoms. The molecule has 0 heterocycles. The van der Waals surface area contributed by atoms with Crippen LogP contribution in [0.4, 0.5) is 9.59 Å². The predicted molar refractivity (Wildman–Crippen MR) is 114 cm³/mol. The Morgan fingerprint density at radius 2 is 1.57 bits per heavy atom. The second-order valence-electron chi connectivity index (χ2n) is 6.66. The van der Waals surface area contributed by atoms with Crippen LogP contribution in [0.2, 0.25) is 0 Å². The molecule has 2 aromatic carbocycles. The van der Waals surface area contributed by atoms with E-state index >= 15 is 0 Å². The van der Waals surface area contributed by atoms with Crippen LogP contribution in [0, 0.1) is 0 Å². The van der Waals surface area contributed by atoms with Crippen molar-refractivity contribution < 1.29 is 23.9 Å². The molecule has 1 aliphatic rings. The summed E-state index contributed by atoms with van der Waals surface area (Å²) < 4.78 is 9.77. The lowest BCUT2D eigenvalue weighted by molar-refractivity contribution is -0.121. The lowest BCUT2D eigenvalue weighted by Gasteiger charge is -2.15. The van der Waals surface area contributed by atoms with Gasteiger partial charge >= 0.3 is 12.2 Å². The largest absolute Gasteiger partial charge is 0.452 e. The molecular formula is C21H23N3O5S. The zero-order valence-corrected chi connectivity index (χ0v) is 17.3. The van der Waals surface area contributed by atoms with Crippen LogP contribution in [0.3, 0.4) is 0 Å². The first-order valence-electron chi connectivity index (χ1n) is 9.42. The second kappa shape index (κ2) is 10.0. The van der Waals surface area contributed by atoms with E-state index in [2.05, 4.69) is 45.7 Å². The molecule has 0 spiro atoms. The fraction of sp³-hybridized carbons (Fsp3) is 0.286. The van der Waals surface area contributed by atoms with Crippen LogP contribution < -0.4 is 16.2 Å². The van der Waals surface area contributed by atoms with Crippen LogP contribution in [0.5, 0.6) is 0 Å². The van der Waals surface area contributed by atoms with E-state index in [1.807, 2.05) is 36.4 Å². The van der Waals surface area contributed by atoms with Crippen molar-refractivity contribution in [2.75, 3.05) is 20.3 Å². The molecular weight excluding hydrogens is 406 g/mol. The summed E-state index contributed by atoms with van der Waals surface area (Å²) in [6, 6.07) is 16.2. The molecule has 3 N–H and O–H groups in total. The van der Waals surface area contributed by atoms with Gasteiger partial charge in [0.25, 0.3) is 5.91 Å². The summed E-state index contributed by atoms with van der Waals surface area (Å²) >= 11 is 4.15. The number of ether oxygens (including phenoxy) is 2. The number of methoxy groups -OCH3 is 1. The number of thiol groups is 1. The van der Waals surface area contributed by atoms with Crippen molar-refractivity contribution in [1.82, 2.24) is 16.2 Å².